The van der Waals surface area contributed by atoms with Gasteiger partial charge in [0.15, 0.2) is 0 Å². The highest BCUT2D eigenvalue weighted by Gasteiger charge is 2.58. The van der Waals surface area contributed by atoms with E-state index < -0.39 is 15.8 Å². The Balaban J connectivity index is 1.18. The summed E-state index contributed by atoms with van der Waals surface area (Å²) in [5.41, 5.74) is 16.6. The number of fused-ring (bicyclic) bond motifs is 2. The largest absolute Gasteiger partial charge is 0.297 e. The van der Waals surface area contributed by atoms with E-state index >= 15 is 0 Å². The van der Waals surface area contributed by atoms with Crippen LogP contribution in [0.2, 0.25) is 0 Å². The maximum absolute atomic E-state index is 2.66. The second kappa shape index (κ2) is 17.2. The molecule has 2 aliphatic heterocycles. The van der Waals surface area contributed by atoms with Gasteiger partial charge in [0.1, 0.15) is 24.9 Å². The molecule has 0 atom stereocenters. The van der Waals surface area contributed by atoms with Crippen molar-refractivity contribution in [1.82, 2.24) is 0 Å². The fourth-order valence-electron chi connectivity index (χ4n) is 9.92. The minimum absolute atomic E-state index is 1.16. The zero-order valence-corrected chi connectivity index (χ0v) is 38.9. The molecule has 4 nitrogen and oxygen atoms in total. The van der Waals surface area contributed by atoms with E-state index in [4.69, 9.17) is 0 Å². The average Bonchev–Trinajstić information content (AvgIpc) is 3.90. The standard InChI is InChI=1S/C61H47N4P2/c1-67(64(54-32-16-6-17-33-54)60-38-22-23-39-61(60)65(67)55-34-18-7-19-35-55)57-44-51(50-41-48(46-24-8-2-9-25-46)40-49(42-50)47-26-10-3-11-27-47)43-56(45-57)66-62(52-28-12-4-13-29-52)58-36-20-21-37-59(58)63(66)53-30-14-5-15-31-53/h2-45H,1H3/q+1. The molecule has 0 saturated heterocycles. The number of nitrogens with zero attached hydrogens (tertiary/aromatic N) is 4. The van der Waals surface area contributed by atoms with Crippen LogP contribution in [0.3, 0.4) is 0 Å². The number of benzene rings is 10. The smallest absolute Gasteiger partial charge is 0.236 e. The van der Waals surface area contributed by atoms with Crippen LogP contribution in [-0.2, 0) is 0 Å². The summed E-state index contributed by atoms with van der Waals surface area (Å²) < 4.78 is 10.5. The van der Waals surface area contributed by atoms with Crippen LogP contribution >= 0.6 is 15.8 Å². The summed E-state index contributed by atoms with van der Waals surface area (Å²) >= 11 is 0. The van der Waals surface area contributed by atoms with Crippen LogP contribution < -0.4 is 29.3 Å². The van der Waals surface area contributed by atoms with Crippen molar-refractivity contribution in [2.24, 2.45) is 0 Å². The molecule has 320 valence electrons. The summed E-state index contributed by atoms with van der Waals surface area (Å²) in [5.74, 6) is 0. The quantitative estimate of drug-likeness (QED) is 0.134. The summed E-state index contributed by atoms with van der Waals surface area (Å²) in [5, 5.41) is 2.55. The molecule has 2 heterocycles. The first-order valence-electron chi connectivity index (χ1n) is 22.8. The molecular formula is C61H47N4P2+. The number of rotatable bonds is 9. The van der Waals surface area contributed by atoms with Gasteiger partial charge in [-0.3, -0.25) is 9.34 Å². The molecule has 67 heavy (non-hydrogen) atoms. The van der Waals surface area contributed by atoms with Gasteiger partial charge in [-0.1, -0.05) is 158 Å². The minimum atomic E-state index is -2.59. The van der Waals surface area contributed by atoms with Crippen molar-refractivity contribution >= 4 is 71.9 Å². The Labute approximate surface area is 395 Å². The van der Waals surface area contributed by atoms with Crippen LogP contribution in [-0.4, -0.2) is 6.66 Å². The van der Waals surface area contributed by atoms with Crippen molar-refractivity contribution in [2.45, 2.75) is 0 Å². The van der Waals surface area contributed by atoms with Crippen molar-refractivity contribution < 1.29 is 0 Å². The van der Waals surface area contributed by atoms with Gasteiger partial charge in [-0.25, -0.2) is 0 Å². The normalized spacial score (nSPS) is 14.0. The molecule has 12 rings (SSSR count). The van der Waals surface area contributed by atoms with E-state index in [0.717, 1.165) is 11.4 Å². The van der Waals surface area contributed by atoms with Crippen LogP contribution in [0, 0.1) is 0 Å². The molecule has 0 radical (unpaired) electrons. The average molecular weight is 898 g/mol. The van der Waals surface area contributed by atoms with Gasteiger partial charge in [-0.2, -0.15) is 9.34 Å². The van der Waals surface area contributed by atoms with E-state index in [9.17, 15) is 0 Å². The highest BCUT2D eigenvalue weighted by molar-refractivity contribution is 7.86. The Morgan fingerprint density at radius 3 is 1.00 bits per heavy atom. The molecule has 0 spiro atoms. The van der Waals surface area contributed by atoms with Crippen LogP contribution in [0.4, 0.5) is 45.5 Å². The number of hydrogen-bond donors (Lipinski definition) is 0. The fourth-order valence-corrected chi connectivity index (χ4v) is 16.4. The fraction of sp³-hybridized carbons (Fsp3) is 0.0164. The predicted octanol–water partition coefficient (Wildman–Crippen LogP) is 16.7. The Kier molecular flexibility index (Phi) is 10.5. The second-order valence-corrected chi connectivity index (χ2v) is 22.1. The summed E-state index contributed by atoms with van der Waals surface area (Å²) in [7, 11) is -3.85. The number of para-hydroxylation sites is 8. The van der Waals surface area contributed by atoms with Gasteiger partial charge in [0.2, 0.25) is 7.56 Å². The third kappa shape index (κ3) is 7.18. The van der Waals surface area contributed by atoms with Gasteiger partial charge in [0.05, 0.1) is 29.4 Å². The highest BCUT2D eigenvalue weighted by Crippen LogP contribution is 2.75. The lowest BCUT2D eigenvalue weighted by molar-refractivity contribution is 1.42. The first kappa shape index (κ1) is 40.7. The van der Waals surface area contributed by atoms with Crippen LogP contribution in [0.15, 0.2) is 267 Å². The van der Waals surface area contributed by atoms with Crippen molar-refractivity contribution in [3.05, 3.63) is 267 Å². The third-order valence-corrected chi connectivity index (χ3v) is 19.0. The molecule has 10 aromatic carbocycles. The Hall–Kier alpha value is -7.74. The molecule has 6 heteroatoms. The predicted molar refractivity (Wildman–Crippen MR) is 289 cm³/mol. The molecule has 0 fully saturated rings. The monoisotopic (exact) mass is 897 g/mol. The van der Waals surface area contributed by atoms with E-state index in [1.165, 1.54) is 78.1 Å². The van der Waals surface area contributed by atoms with Crippen LogP contribution in [0.5, 0.6) is 0 Å². The van der Waals surface area contributed by atoms with Crippen LogP contribution in [0.1, 0.15) is 0 Å². The zero-order valence-electron chi connectivity index (χ0n) is 37.1. The molecule has 0 saturated carbocycles. The molecule has 0 bridgehead atoms. The molecule has 2 aliphatic rings. The molecule has 0 unspecified atom stereocenters. The molecule has 0 N–H and O–H groups in total. The summed E-state index contributed by atoms with van der Waals surface area (Å²) in [6.45, 7) is 2.52. The van der Waals surface area contributed by atoms with Gasteiger partial charge in [0, 0.05) is 16.7 Å². The van der Waals surface area contributed by atoms with Gasteiger partial charge in [0.25, 0.3) is 0 Å². The van der Waals surface area contributed by atoms with Crippen molar-refractivity contribution in [2.75, 3.05) is 25.3 Å². The second-order valence-electron chi connectivity index (χ2n) is 17.0. The summed E-state index contributed by atoms with van der Waals surface area (Å²) in [4.78, 5) is 0. The van der Waals surface area contributed by atoms with Gasteiger partial charge < -0.3 is 0 Å². The van der Waals surface area contributed by atoms with E-state index in [1.807, 2.05) is 0 Å². The minimum Gasteiger partial charge on any atom is -0.297 e. The molecule has 0 amide bonds. The Morgan fingerprint density at radius 2 is 0.597 bits per heavy atom. The lowest BCUT2D eigenvalue weighted by atomic mass is 9.93. The van der Waals surface area contributed by atoms with E-state index in [1.54, 1.807) is 0 Å². The lowest BCUT2D eigenvalue weighted by Crippen LogP contribution is -2.34. The molecule has 0 aromatic heterocycles. The third-order valence-electron chi connectivity index (χ3n) is 12.9. The van der Waals surface area contributed by atoms with Gasteiger partial charge in [-0.05, 0) is 143 Å². The van der Waals surface area contributed by atoms with Gasteiger partial charge in [-0.15, -0.1) is 0 Å². The van der Waals surface area contributed by atoms with Crippen molar-refractivity contribution in [1.29, 1.82) is 0 Å². The topological polar surface area (TPSA) is 13.0 Å². The summed E-state index contributed by atoms with van der Waals surface area (Å²) in [6.07, 6.45) is 0. The van der Waals surface area contributed by atoms with E-state index in [2.05, 4.69) is 292 Å². The van der Waals surface area contributed by atoms with Gasteiger partial charge >= 0.3 is 0 Å². The Morgan fingerprint density at radius 1 is 0.284 bits per heavy atom. The molecule has 0 aliphatic carbocycles. The summed E-state index contributed by atoms with van der Waals surface area (Å²) in [6, 6.07) is 98.2. The molecule has 10 aromatic rings. The molecular weight excluding hydrogens is 851 g/mol. The first-order valence-corrected chi connectivity index (χ1v) is 26.2. The van der Waals surface area contributed by atoms with E-state index in [-0.39, 0.29) is 0 Å². The SMILES string of the molecule is C[P+]1(c2cc(-c3cc(-c4ccccc4)cc(-c4ccccc4)c3)cc(P3N(c4ccccc4)c4ccccc4N3c3ccccc3)c2)N(c2ccccc2)c2ccccc2N1c1ccccc1. The highest BCUT2D eigenvalue weighted by atomic mass is 31.2. The van der Waals surface area contributed by atoms with Crippen molar-refractivity contribution in [3.8, 4) is 33.4 Å². The number of anilines is 8. The maximum atomic E-state index is 2.66. The van der Waals surface area contributed by atoms with E-state index in [0.29, 0.717) is 0 Å². The van der Waals surface area contributed by atoms with Crippen molar-refractivity contribution in [3.63, 3.8) is 0 Å². The van der Waals surface area contributed by atoms with Crippen LogP contribution in [0.25, 0.3) is 33.4 Å². The maximum Gasteiger partial charge on any atom is 0.236 e. The number of hydrogen-bond acceptors (Lipinski definition) is 4. The lowest BCUT2D eigenvalue weighted by Gasteiger charge is -2.37. The first-order chi connectivity index (χ1) is 33.1. The zero-order chi connectivity index (χ0) is 44.7. The Bertz CT molecular complexity index is 3150.